The molecule has 1 atom stereocenters. The summed E-state index contributed by atoms with van der Waals surface area (Å²) in [5, 5.41) is 9.80. The topological polar surface area (TPSA) is 81.7 Å². The predicted octanol–water partition coefficient (Wildman–Crippen LogP) is 1.92. The fourth-order valence-corrected chi connectivity index (χ4v) is 2.37. The molecule has 0 spiro atoms. The zero-order chi connectivity index (χ0) is 16.3. The van der Waals surface area contributed by atoms with Crippen molar-refractivity contribution in [2.75, 3.05) is 7.05 Å². The number of nitrogens with zero attached hydrogens (tertiary/aromatic N) is 1. The van der Waals surface area contributed by atoms with Gasteiger partial charge >= 0.3 is 0 Å². The fourth-order valence-electron chi connectivity index (χ4n) is 2.11. The standard InChI is InChI=1S/C15H16ClN3O3/c1-9(12-7-13(21)17-18-14(12)16)19(2)15(22)11-6-4-3-5-10(11)8-20/h3-9,17-18,21H,1-2H3. The minimum atomic E-state index is -0.406. The van der Waals surface area contributed by atoms with Crippen molar-refractivity contribution in [1.82, 2.24) is 15.8 Å². The maximum Gasteiger partial charge on any atom is 0.254 e. The summed E-state index contributed by atoms with van der Waals surface area (Å²) in [4.78, 5) is 25.1. The Morgan fingerprint density at radius 1 is 1.36 bits per heavy atom. The van der Waals surface area contributed by atoms with Crippen molar-refractivity contribution >= 4 is 23.8 Å². The van der Waals surface area contributed by atoms with Crippen LogP contribution in [0.2, 0.25) is 0 Å². The van der Waals surface area contributed by atoms with E-state index >= 15 is 0 Å². The van der Waals surface area contributed by atoms with E-state index in [2.05, 4.69) is 10.9 Å². The van der Waals surface area contributed by atoms with Gasteiger partial charge in [0.15, 0.2) is 6.29 Å². The lowest BCUT2D eigenvalue weighted by atomic mass is 10.0. The molecule has 3 N–H and O–H groups in total. The van der Waals surface area contributed by atoms with Crippen molar-refractivity contribution < 1.29 is 14.7 Å². The summed E-state index contributed by atoms with van der Waals surface area (Å²) >= 11 is 6.05. The largest absolute Gasteiger partial charge is 0.494 e. The van der Waals surface area contributed by atoms with E-state index in [1.807, 2.05) is 0 Å². The van der Waals surface area contributed by atoms with Gasteiger partial charge in [-0.3, -0.25) is 20.4 Å². The van der Waals surface area contributed by atoms with Crippen LogP contribution in [0, 0.1) is 0 Å². The predicted molar refractivity (Wildman–Crippen MR) is 83.2 cm³/mol. The number of carbonyl (C=O) groups is 2. The third-order valence-electron chi connectivity index (χ3n) is 3.52. The molecule has 0 fully saturated rings. The maximum atomic E-state index is 12.6. The number of likely N-dealkylation sites (N-methyl/N-ethyl adjacent to an activating group) is 1. The smallest absolute Gasteiger partial charge is 0.254 e. The third-order valence-corrected chi connectivity index (χ3v) is 3.83. The van der Waals surface area contributed by atoms with Gasteiger partial charge in [-0.25, -0.2) is 0 Å². The highest BCUT2D eigenvalue weighted by atomic mass is 35.5. The number of hydrazine groups is 1. The summed E-state index contributed by atoms with van der Waals surface area (Å²) in [5.41, 5.74) is 6.26. The van der Waals surface area contributed by atoms with Crippen LogP contribution < -0.4 is 10.9 Å². The van der Waals surface area contributed by atoms with Crippen LogP contribution in [-0.4, -0.2) is 35.3 Å². The number of aliphatic hydroxyl groups is 1. The molecule has 0 radical (unpaired) electrons. The van der Waals surface area contributed by atoms with Crippen LogP contribution in [0.4, 0.5) is 0 Å². The van der Waals surface area contributed by atoms with E-state index in [1.54, 1.807) is 38.2 Å². The normalized spacial score (nSPS) is 15.3. The van der Waals surface area contributed by atoms with Crippen LogP contribution in [0.1, 0.15) is 27.6 Å². The Bertz CT molecular complexity index is 670. The Morgan fingerprint density at radius 2 is 2.05 bits per heavy atom. The zero-order valence-electron chi connectivity index (χ0n) is 12.1. The zero-order valence-corrected chi connectivity index (χ0v) is 12.9. The van der Waals surface area contributed by atoms with E-state index in [-0.39, 0.29) is 16.9 Å². The first-order chi connectivity index (χ1) is 10.5. The Labute approximate surface area is 133 Å². The SMILES string of the molecule is CC(C1=C(Cl)NNC(O)=C1)N(C)C(=O)c1ccccc1C=O. The molecule has 1 heterocycles. The number of halogens is 1. The Hall–Kier alpha value is -2.47. The van der Waals surface area contributed by atoms with Gasteiger partial charge in [0.2, 0.25) is 5.88 Å². The molecule has 0 saturated heterocycles. The molecule has 1 aromatic rings. The lowest BCUT2D eigenvalue weighted by molar-refractivity contribution is 0.0761. The van der Waals surface area contributed by atoms with Crippen molar-refractivity contribution in [3.63, 3.8) is 0 Å². The molecule has 1 aliphatic rings. The van der Waals surface area contributed by atoms with Gasteiger partial charge in [0.05, 0.1) is 11.6 Å². The molecule has 7 heteroatoms. The van der Waals surface area contributed by atoms with E-state index in [1.165, 1.54) is 11.0 Å². The van der Waals surface area contributed by atoms with Gasteiger partial charge in [-0.15, -0.1) is 0 Å². The maximum absolute atomic E-state index is 12.6. The molecule has 6 nitrogen and oxygen atoms in total. The van der Waals surface area contributed by atoms with Crippen LogP contribution in [0.5, 0.6) is 0 Å². The second-order valence-corrected chi connectivity index (χ2v) is 5.22. The number of amides is 1. The Morgan fingerprint density at radius 3 is 2.73 bits per heavy atom. The van der Waals surface area contributed by atoms with Gasteiger partial charge in [-0.1, -0.05) is 29.8 Å². The minimum Gasteiger partial charge on any atom is -0.494 e. The van der Waals surface area contributed by atoms with Crippen molar-refractivity contribution in [2.24, 2.45) is 0 Å². The van der Waals surface area contributed by atoms with E-state index in [4.69, 9.17) is 11.6 Å². The highest BCUT2D eigenvalue weighted by Crippen LogP contribution is 2.21. The van der Waals surface area contributed by atoms with Crippen molar-refractivity contribution in [1.29, 1.82) is 0 Å². The van der Waals surface area contributed by atoms with Crippen LogP contribution in [0.25, 0.3) is 0 Å². The molecule has 1 aliphatic heterocycles. The first kappa shape index (κ1) is 15.9. The van der Waals surface area contributed by atoms with Crippen LogP contribution in [-0.2, 0) is 0 Å². The molecule has 116 valence electrons. The summed E-state index contributed by atoms with van der Waals surface area (Å²) in [6.07, 6.45) is 2.09. The van der Waals surface area contributed by atoms with E-state index in [0.717, 1.165) is 0 Å². The average Bonchev–Trinajstić information content (AvgIpc) is 2.55. The van der Waals surface area contributed by atoms with E-state index in [0.29, 0.717) is 23.0 Å². The summed E-state index contributed by atoms with van der Waals surface area (Å²) in [6.45, 7) is 1.77. The Balaban J connectivity index is 2.29. The number of carbonyl (C=O) groups excluding carboxylic acids is 2. The van der Waals surface area contributed by atoms with Gasteiger partial charge in [0.25, 0.3) is 5.91 Å². The van der Waals surface area contributed by atoms with E-state index in [9.17, 15) is 14.7 Å². The number of hydrogen-bond acceptors (Lipinski definition) is 5. The number of rotatable bonds is 4. The molecule has 1 unspecified atom stereocenters. The summed E-state index contributed by atoms with van der Waals surface area (Å²) in [5.74, 6) is -0.404. The molecule has 0 aliphatic carbocycles. The highest BCUT2D eigenvalue weighted by Gasteiger charge is 2.25. The molecule has 0 bridgehead atoms. The number of aliphatic hydroxyl groups excluding tert-OH is 1. The van der Waals surface area contributed by atoms with Crippen molar-refractivity contribution in [3.05, 3.63) is 58.1 Å². The first-order valence-electron chi connectivity index (χ1n) is 6.59. The minimum absolute atomic E-state index is 0.0969. The molecule has 0 aromatic heterocycles. The summed E-state index contributed by atoms with van der Waals surface area (Å²) < 4.78 is 0. The van der Waals surface area contributed by atoms with Crippen molar-refractivity contribution in [2.45, 2.75) is 13.0 Å². The molecule has 0 saturated carbocycles. The average molecular weight is 322 g/mol. The quantitative estimate of drug-likeness (QED) is 0.583. The lowest BCUT2D eigenvalue weighted by Crippen LogP contribution is -2.41. The molecule has 22 heavy (non-hydrogen) atoms. The van der Waals surface area contributed by atoms with Crippen LogP contribution in [0.3, 0.4) is 0 Å². The monoisotopic (exact) mass is 321 g/mol. The number of nitrogens with one attached hydrogen (secondary N) is 2. The molecular formula is C15H16ClN3O3. The molecule has 1 aromatic carbocycles. The Kier molecular flexibility index (Phi) is 4.72. The van der Waals surface area contributed by atoms with Crippen molar-refractivity contribution in [3.8, 4) is 0 Å². The number of hydrogen-bond donors (Lipinski definition) is 3. The first-order valence-corrected chi connectivity index (χ1v) is 6.97. The molecular weight excluding hydrogens is 306 g/mol. The second kappa shape index (κ2) is 6.53. The van der Waals surface area contributed by atoms with Crippen LogP contribution in [0.15, 0.2) is 47.0 Å². The third kappa shape index (κ3) is 3.07. The van der Waals surface area contributed by atoms with Gasteiger partial charge < -0.3 is 10.0 Å². The van der Waals surface area contributed by atoms with Crippen LogP contribution >= 0.6 is 11.6 Å². The fraction of sp³-hybridized carbons (Fsp3) is 0.200. The van der Waals surface area contributed by atoms with Gasteiger partial charge in [0, 0.05) is 24.3 Å². The van der Waals surface area contributed by atoms with E-state index < -0.39 is 6.04 Å². The van der Waals surface area contributed by atoms with Gasteiger partial charge in [0.1, 0.15) is 5.16 Å². The van der Waals surface area contributed by atoms with Gasteiger partial charge in [-0.2, -0.15) is 0 Å². The molecule has 2 rings (SSSR count). The lowest BCUT2D eigenvalue weighted by Gasteiger charge is -2.29. The number of aldehydes is 1. The summed E-state index contributed by atoms with van der Waals surface area (Å²) in [7, 11) is 1.61. The second-order valence-electron chi connectivity index (χ2n) is 4.85. The summed E-state index contributed by atoms with van der Waals surface area (Å²) in [6, 6.07) is 6.17. The highest BCUT2D eigenvalue weighted by molar-refractivity contribution is 6.29. The number of benzene rings is 1. The molecule has 1 amide bonds. The van der Waals surface area contributed by atoms with Gasteiger partial charge in [-0.05, 0) is 13.0 Å².